The van der Waals surface area contributed by atoms with E-state index in [2.05, 4.69) is 20.8 Å². The van der Waals surface area contributed by atoms with Crippen molar-refractivity contribution in [2.45, 2.75) is 30.4 Å². The van der Waals surface area contributed by atoms with E-state index in [1.165, 1.54) is 16.8 Å². The first-order valence-electron chi connectivity index (χ1n) is 8.24. The molecule has 2 aromatic carbocycles. The van der Waals surface area contributed by atoms with Crippen molar-refractivity contribution in [3.05, 3.63) is 59.7 Å². The number of benzene rings is 2. The van der Waals surface area contributed by atoms with Crippen LogP contribution in [0.4, 0.5) is 18.9 Å². The quantitative estimate of drug-likeness (QED) is 0.645. The third-order valence-corrected chi connectivity index (χ3v) is 4.88. The van der Waals surface area contributed by atoms with Crippen LogP contribution >= 0.6 is 11.8 Å². The Bertz CT molecular complexity index is 955. The Morgan fingerprint density at radius 2 is 1.75 bits per heavy atom. The number of hydrogen-bond donors (Lipinski definition) is 1. The summed E-state index contributed by atoms with van der Waals surface area (Å²) in [4.78, 5) is 12.4. The number of thioether (sulfide) groups is 1. The number of halogens is 3. The molecule has 0 aliphatic rings. The number of alkyl halides is 3. The summed E-state index contributed by atoms with van der Waals surface area (Å²) in [7, 11) is 0. The molecule has 0 spiro atoms. The normalized spacial score (nSPS) is 12.6. The zero-order valence-electron chi connectivity index (χ0n) is 14.9. The first kappa shape index (κ1) is 19.9. The lowest BCUT2D eigenvalue weighted by atomic mass is 10.2. The smallest absolute Gasteiger partial charge is 0.325 e. The molecule has 1 amide bonds. The number of rotatable bonds is 5. The van der Waals surface area contributed by atoms with Gasteiger partial charge in [0.25, 0.3) is 0 Å². The van der Waals surface area contributed by atoms with E-state index in [1.54, 1.807) is 6.92 Å². The molecule has 0 aliphatic heterocycles. The lowest BCUT2D eigenvalue weighted by Gasteiger charge is -2.12. The van der Waals surface area contributed by atoms with Crippen LogP contribution < -0.4 is 5.32 Å². The van der Waals surface area contributed by atoms with Crippen LogP contribution in [0.1, 0.15) is 18.1 Å². The van der Waals surface area contributed by atoms with Crippen LogP contribution in [0.5, 0.6) is 0 Å². The summed E-state index contributed by atoms with van der Waals surface area (Å²) < 4.78 is 39.4. The molecule has 0 aliphatic carbocycles. The number of anilines is 1. The van der Waals surface area contributed by atoms with Gasteiger partial charge in [-0.1, -0.05) is 29.5 Å². The zero-order valence-corrected chi connectivity index (χ0v) is 15.8. The molecule has 3 rings (SSSR count). The van der Waals surface area contributed by atoms with E-state index in [4.69, 9.17) is 0 Å². The highest BCUT2D eigenvalue weighted by Crippen LogP contribution is 2.30. The Morgan fingerprint density at radius 1 is 1.11 bits per heavy atom. The minimum atomic E-state index is -4.42. The van der Waals surface area contributed by atoms with Crippen molar-refractivity contribution in [3.8, 4) is 5.69 Å². The average molecular weight is 407 g/mol. The first-order chi connectivity index (χ1) is 13.2. The van der Waals surface area contributed by atoms with Crippen LogP contribution in [0.15, 0.2) is 53.7 Å². The maximum Gasteiger partial charge on any atom is 0.416 e. The van der Waals surface area contributed by atoms with E-state index in [1.807, 2.05) is 31.2 Å². The van der Waals surface area contributed by atoms with Crippen LogP contribution in [0, 0.1) is 6.92 Å². The van der Waals surface area contributed by atoms with E-state index in [9.17, 15) is 18.0 Å². The number of carbonyl (C=O) groups is 1. The van der Waals surface area contributed by atoms with Gasteiger partial charge < -0.3 is 5.32 Å². The largest absolute Gasteiger partial charge is 0.416 e. The Balaban J connectivity index is 1.67. The van der Waals surface area contributed by atoms with Crippen molar-refractivity contribution in [1.82, 2.24) is 20.2 Å². The number of nitrogens with zero attached hydrogens (tertiary/aromatic N) is 4. The molecule has 0 saturated carbocycles. The van der Waals surface area contributed by atoms with Gasteiger partial charge in [0.05, 0.1) is 16.5 Å². The van der Waals surface area contributed by atoms with Gasteiger partial charge in [-0.05, 0) is 60.7 Å². The predicted molar refractivity (Wildman–Crippen MR) is 99.3 cm³/mol. The summed E-state index contributed by atoms with van der Waals surface area (Å²) in [5.41, 5.74) is 1.36. The van der Waals surface area contributed by atoms with Crippen molar-refractivity contribution in [2.24, 2.45) is 0 Å². The van der Waals surface area contributed by atoms with Crippen molar-refractivity contribution >= 4 is 23.4 Å². The van der Waals surface area contributed by atoms with Gasteiger partial charge in [0, 0.05) is 5.69 Å². The van der Waals surface area contributed by atoms with Crippen molar-refractivity contribution in [2.75, 3.05) is 5.32 Å². The molecule has 10 heteroatoms. The van der Waals surface area contributed by atoms with Gasteiger partial charge in [-0.3, -0.25) is 4.79 Å². The number of hydrogen-bond acceptors (Lipinski definition) is 5. The molecule has 146 valence electrons. The molecule has 0 saturated heterocycles. The minimum absolute atomic E-state index is 0.281. The Morgan fingerprint density at radius 3 is 2.36 bits per heavy atom. The summed E-state index contributed by atoms with van der Waals surface area (Å²) in [5, 5.41) is 14.0. The van der Waals surface area contributed by atoms with E-state index >= 15 is 0 Å². The Labute approximate surface area is 163 Å². The maximum atomic E-state index is 12.6. The fraction of sp³-hybridized carbons (Fsp3) is 0.222. The third kappa shape index (κ3) is 4.69. The molecule has 0 fully saturated rings. The molecule has 0 radical (unpaired) electrons. The summed E-state index contributed by atoms with van der Waals surface area (Å²) in [6, 6.07) is 11.9. The monoisotopic (exact) mass is 407 g/mol. The first-order valence-corrected chi connectivity index (χ1v) is 9.12. The van der Waals surface area contributed by atoms with Crippen LogP contribution in [0.25, 0.3) is 5.69 Å². The number of nitrogens with one attached hydrogen (secondary N) is 1. The van der Waals surface area contributed by atoms with Gasteiger partial charge in [-0.15, -0.1) is 5.10 Å². The second-order valence-corrected chi connectivity index (χ2v) is 7.34. The van der Waals surface area contributed by atoms with Crippen LogP contribution in [-0.4, -0.2) is 31.4 Å². The molecule has 1 atom stereocenters. The number of aryl methyl sites for hydroxylation is 1. The topological polar surface area (TPSA) is 72.7 Å². The second kappa shape index (κ2) is 8.01. The van der Waals surface area contributed by atoms with Crippen molar-refractivity contribution < 1.29 is 18.0 Å². The zero-order chi connectivity index (χ0) is 20.3. The van der Waals surface area contributed by atoms with Crippen molar-refractivity contribution in [1.29, 1.82) is 0 Å². The number of carbonyl (C=O) groups excluding carboxylic acids is 1. The van der Waals surface area contributed by atoms with Gasteiger partial charge in [0.15, 0.2) is 0 Å². The number of aromatic nitrogens is 4. The molecule has 6 nitrogen and oxygen atoms in total. The highest BCUT2D eigenvalue weighted by molar-refractivity contribution is 8.00. The summed E-state index contributed by atoms with van der Waals surface area (Å²) >= 11 is 1.15. The molecule has 1 heterocycles. The van der Waals surface area contributed by atoms with Gasteiger partial charge in [-0.25, -0.2) is 0 Å². The minimum Gasteiger partial charge on any atom is -0.325 e. The van der Waals surface area contributed by atoms with Gasteiger partial charge in [-0.2, -0.15) is 17.9 Å². The van der Waals surface area contributed by atoms with E-state index in [0.29, 0.717) is 5.16 Å². The van der Waals surface area contributed by atoms with Gasteiger partial charge in [0.1, 0.15) is 0 Å². The molecule has 3 aromatic rings. The lowest BCUT2D eigenvalue weighted by molar-refractivity contribution is -0.137. The fourth-order valence-corrected chi connectivity index (χ4v) is 3.11. The highest BCUT2D eigenvalue weighted by Gasteiger charge is 2.30. The lowest BCUT2D eigenvalue weighted by Crippen LogP contribution is -2.23. The molecule has 28 heavy (non-hydrogen) atoms. The van der Waals surface area contributed by atoms with Crippen LogP contribution in [0.3, 0.4) is 0 Å². The molecular weight excluding hydrogens is 391 g/mol. The molecule has 1 aromatic heterocycles. The maximum absolute atomic E-state index is 12.6. The summed E-state index contributed by atoms with van der Waals surface area (Å²) in [6.45, 7) is 3.63. The Hall–Kier alpha value is -2.88. The van der Waals surface area contributed by atoms with Crippen molar-refractivity contribution in [3.63, 3.8) is 0 Å². The average Bonchev–Trinajstić information content (AvgIpc) is 3.10. The SMILES string of the molecule is Cc1ccc(-n2nnnc2S[C@H](C)C(=O)Nc2ccc(C(F)(F)F)cc2)cc1. The number of tetrazole rings is 1. The highest BCUT2D eigenvalue weighted by atomic mass is 32.2. The van der Waals surface area contributed by atoms with Gasteiger partial charge >= 0.3 is 6.18 Å². The second-order valence-electron chi connectivity index (χ2n) is 6.03. The van der Waals surface area contributed by atoms with Gasteiger partial charge in [0.2, 0.25) is 11.1 Å². The molecule has 0 bridgehead atoms. The molecular formula is C18H16F3N5OS. The van der Waals surface area contributed by atoms with E-state index in [0.717, 1.165) is 35.1 Å². The summed E-state index contributed by atoms with van der Waals surface area (Å²) in [5.74, 6) is -0.372. The van der Waals surface area contributed by atoms with E-state index < -0.39 is 17.0 Å². The Kier molecular flexibility index (Phi) is 5.68. The van der Waals surface area contributed by atoms with Crippen LogP contribution in [-0.2, 0) is 11.0 Å². The molecule has 0 unspecified atom stereocenters. The number of amides is 1. The fourth-order valence-electron chi connectivity index (χ4n) is 2.30. The van der Waals surface area contributed by atoms with Crippen LogP contribution in [0.2, 0.25) is 0 Å². The summed E-state index contributed by atoms with van der Waals surface area (Å²) in [6.07, 6.45) is -4.42. The standard InChI is InChI=1S/C18H16F3N5OS/c1-11-3-9-15(10-4-11)26-17(23-24-25-26)28-12(2)16(27)22-14-7-5-13(6-8-14)18(19,20)21/h3-10,12H,1-2H3,(H,22,27)/t12-/m1/s1. The predicted octanol–water partition coefficient (Wildman–Crippen LogP) is 4.11. The van der Waals surface area contributed by atoms with E-state index in [-0.39, 0.29) is 11.6 Å². The molecule has 1 N–H and O–H groups in total. The third-order valence-electron chi connectivity index (χ3n) is 3.85.